The van der Waals surface area contributed by atoms with Gasteiger partial charge in [-0.2, -0.15) is 0 Å². The van der Waals surface area contributed by atoms with Gasteiger partial charge < -0.3 is 15.0 Å². The Morgan fingerprint density at radius 3 is 2.62 bits per heavy atom. The molecule has 146 valence electrons. The van der Waals surface area contributed by atoms with E-state index in [0.29, 0.717) is 23.5 Å². The van der Waals surface area contributed by atoms with Crippen molar-refractivity contribution >= 4 is 0 Å². The van der Waals surface area contributed by atoms with Crippen molar-refractivity contribution in [3.05, 3.63) is 35.9 Å². The summed E-state index contributed by atoms with van der Waals surface area (Å²) >= 11 is 0. The largest absolute Gasteiger partial charge is 0.378 e. The first kappa shape index (κ1) is 19.9. The van der Waals surface area contributed by atoms with E-state index in [-0.39, 0.29) is 0 Å². The highest BCUT2D eigenvalue weighted by molar-refractivity contribution is 5.17. The highest BCUT2D eigenvalue weighted by atomic mass is 16.5. The van der Waals surface area contributed by atoms with Crippen LogP contribution in [0.1, 0.15) is 51.5 Å². The summed E-state index contributed by atoms with van der Waals surface area (Å²) in [6, 6.07) is 11.8. The summed E-state index contributed by atoms with van der Waals surface area (Å²) in [7, 11) is 2.24. The lowest BCUT2D eigenvalue weighted by Gasteiger charge is -2.43. The monoisotopic (exact) mass is 358 g/mol. The molecule has 26 heavy (non-hydrogen) atoms. The Morgan fingerprint density at radius 1 is 1.19 bits per heavy atom. The van der Waals surface area contributed by atoms with Crippen LogP contribution in [-0.4, -0.2) is 50.3 Å². The molecule has 0 spiro atoms. The van der Waals surface area contributed by atoms with Gasteiger partial charge in [-0.05, 0) is 82.1 Å². The minimum Gasteiger partial charge on any atom is -0.378 e. The van der Waals surface area contributed by atoms with Gasteiger partial charge in [-0.1, -0.05) is 44.2 Å². The zero-order valence-corrected chi connectivity index (χ0v) is 17.0. The molecule has 2 saturated heterocycles. The van der Waals surface area contributed by atoms with Gasteiger partial charge in [0.2, 0.25) is 0 Å². The molecule has 2 aliphatic rings. The Balaban J connectivity index is 1.61. The molecule has 0 radical (unpaired) electrons. The number of nitrogens with zero attached hydrogens (tertiary/aromatic N) is 1. The molecule has 0 bridgehead atoms. The third kappa shape index (κ3) is 5.55. The maximum absolute atomic E-state index is 6.11. The van der Waals surface area contributed by atoms with E-state index in [1.165, 1.54) is 57.2 Å². The Labute approximate surface area is 160 Å². The number of nitrogens with one attached hydrogen (secondary N) is 1. The molecule has 1 N–H and O–H groups in total. The van der Waals surface area contributed by atoms with Crippen LogP contribution in [0, 0.1) is 11.3 Å². The summed E-state index contributed by atoms with van der Waals surface area (Å²) in [6.07, 6.45) is 7.85. The van der Waals surface area contributed by atoms with Crippen molar-refractivity contribution in [3.8, 4) is 0 Å². The van der Waals surface area contributed by atoms with E-state index < -0.39 is 0 Å². The number of benzene rings is 1. The van der Waals surface area contributed by atoms with Gasteiger partial charge in [0.25, 0.3) is 0 Å². The van der Waals surface area contributed by atoms with E-state index in [9.17, 15) is 0 Å². The van der Waals surface area contributed by atoms with Crippen LogP contribution in [-0.2, 0) is 11.2 Å². The maximum Gasteiger partial charge on any atom is 0.0603 e. The van der Waals surface area contributed by atoms with Crippen molar-refractivity contribution in [2.75, 3.05) is 33.3 Å². The van der Waals surface area contributed by atoms with Gasteiger partial charge in [0, 0.05) is 12.6 Å². The van der Waals surface area contributed by atoms with E-state index in [1.54, 1.807) is 0 Å². The van der Waals surface area contributed by atoms with Crippen molar-refractivity contribution in [2.45, 2.75) is 64.5 Å². The van der Waals surface area contributed by atoms with Crippen LogP contribution in [0.5, 0.6) is 0 Å². The van der Waals surface area contributed by atoms with Crippen molar-refractivity contribution in [1.82, 2.24) is 10.2 Å². The minimum atomic E-state index is 0.382. The standard InChI is InChI=1S/C23H38N2O/c1-19(2)22-18-23(12-16-26-22,17-20-7-5-4-6-8-20)11-13-24-21-9-14-25(3)15-10-21/h4-8,19,21-22,24H,9-18H2,1-3H3/t22-,23-/m0/s1. The second-order valence-electron chi connectivity index (χ2n) is 9.05. The summed E-state index contributed by atoms with van der Waals surface area (Å²) in [5.74, 6) is 0.604. The second kappa shape index (κ2) is 9.34. The third-order valence-corrected chi connectivity index (χ3v) is 6.57. The molecule has 2 fully saturated rings. The van der Waals surface area contributed by atoms with Crippen molar-refractivity contribution in [2.24, 2.45) is 11.3 Å². The number of hydrogen-bond acceptors (Lipinski definition) is 3. The van der Waals surface area contributed by atoms with E-state index in [1.807, 2.05) is 0 Å². The van der Waals surface area contributed by atoms with Crippen LogP contribution < -0.4 is 5.32 Å². The molecule has 0 aliphatic carbocycles. The molecule has 0 amide bonds. The topological polar surface area (TPSA) is 24.5 Å². The van der Waals surface area contributed by atoms with Gasteiger partial charge in [0.1, 0.15) is 0 Å². The molecule has 2 heterocycles. The van der Waals surface area contributed by atoms with Crippen molar-refractivity contribution in [3.63, 3.8) is 0 Å². The van der Waals surface area contributed by atoms with Crippen LogP contribution in [0.2, 0.25) is 0 Å². The summed E-state index contributed by atoms with van der Waals surface area (Å²) in [6.45, 7) is 9.14. The van der Waals surface area contributed by atoms with Crippen LogP contribution in [0.3, 0.4) is 0 Å². The first-order valence-corrected chi connectivity index (χ1v) is 10.6. The van der Waals surface area contributed by atoms with Crippen LogP contribution in [0.25, 0.3) is 0 Å². The molecule has 0 aromatic heterocycles. The molecular weight excluding hydrogens is 320 g/mol. The zero-order valence-electron chi connectivity index (χ0n) is 17.0. The molecule has 1 aromatic carbocycles. The van der Waals surface area contributed by atoms with Gasteiger partial charge in [-0.3, -0.25) is 0 Å². The molecule has 3 heteroatoms. The molecular formula is C23H38N2O. The van der Waals surface area contributed by atoms with Crippen LogP contribution in [0.4, 0.5) is 0 Å². The predicted molar refractivity (Wildman–Crippen MR) is 110 cm³/mol. The van der Waals surface area contributed by atoms with E-state index in [4.69, 9.17) is 4.74 Å². The fourth-order valence-electron chi connectivity index (χ4n) is 4.70. The number of likely N-dealkylation sites (tertiary alicyclic amines) is 1. The van der Waals surface area contributed by atoms with Gasteiger partial charge in [0.05, 0.1) is 6.10 Å². The lowest BCUT2D eigenvalue weighted by atomic mass is 9.69. The first-order chi connectivity index (χ1) is 12.6. The Bertz CT molecular complexity index is 524. The number of hydrogen-bond donors (Lipinski definition) is 1. The fourth-order valence-corrected chi connectivity index (χ4v) is 4.70. The number of piperidine rings is 1. The predicted octanol–water partition coefficient (Wildman–Crippen LogP) is 4.12. The SMILES string of the molecule is CC(C)[C@@H]1C[C@](CCNC2CCN(C)CC2)(Cc2ccccc2)CCO1. The number of rotatable bonds is 7. The molecule has 2 aliphatic heterocycles. The average molecular weight is 359 g/mol. The summed E-state index contributed by atoms with van der Waals surface area (Å²) in [4.78, 5) is 2.45. The van der Waals surface area contributed by atoms with Crippen molar-refractivity contribution in [1.29, 1.82) is 0 Å². The summed E-state index contributed by atoms with van der Waals surface area (Å²) in [5, 5.41) is 3.88. The Kier molecular flexibility index (Phi) is 7.13. The normalized spacial score (nSPS) is 28.5. The lowest BCUT2D eigenvalue weighted by molar-refractivity contribution is -0.0722. The Morgan fingerprint density at radius 2 is 1.92 bits per heavy atom. The molecule has 0 saturated carbocycles. The van der Waals surface area contributed by atoms with Gasteiger partial charge in [-0.15, -0.1) is 0 Å². The van der Waals surface area contributed by atoms with E-state index in [2.05, 4.69) is 61.4 Å². The second-order valence-corrected chi connectivity index (χ2v) is 9.05. The number of ether oxygens (including phenoxy) is 1. The Hall–Kier alpha value is -0.900. The quantitative estimate of drug-likeness (QED) is 0.793. The third-order valence-electron chi connectivity index (χ3n) is 6.57. The molecule has 1 aromatic rings. The molecule has 3 nitrogen and oxygen atoms in total. The van der Waals surface area contributed by atoms with E-state index >= 15 is 0 Å². The van der Waals surface area contributed by atoms with Gasteiger partial charge in [0.15, 0.2) is 0 Å². The van der Waals surface area contributed by atoms with Crippen molar-refractivity contribution < 1.29 is 4.74 Å². The maximum atomic E-state index is 6.11. The molecule has 2 atom stereocenters. The summed E-state index contributed by atoms with van der Waals surface area (Å²) < 4.78 is 6.11. The van der Waals surface area contributed by atoms with E-state index in [0.717, 1.165) is 13.2 Å². The minimum absolute atomic E-state index is 0.382. The first-order valence-electron chi connectivity index (χ1n) is 10.6. The van der Waals surface area contributed by atoms with Gasteiger partial charge >= 0.3 is 0 Å². The molecule has 0 unspecified atom stereocenters. The highest BCUT2D eigenvalue weighted by Gasteiger charge is 2.37. The van der Waals surface area contributed by atoms with Crippen LogP contribution >= 0.6 is 0 Å². The fraction of sp³-hybridized carbons (Fsp3) is 0.739. The lowest BCUT2D eigenvalue weighted by Crippen LogP contribution is -2.44. The van der Waals surface area contributed by atoms with Crippen LogP contribution in [0.15, 0.2) is 30.3 Å². The molecule has 3 rings (SSSR count). The van der Waals surface area contributed by atoms with Gasteiger partial charge in [-0.25, -0.2) is 0 Å². The summed E-state index contributed by atoms with van der Waals surface area (Å²) in [5.41, 5.74) is 1.86. The smallest absolute Gasteiger partial charge is 0.0603 e. The zero-order chi connectivity index (χ0) is 18.4. The highest BCUT2D eigenvalue weighted by Crippen LogP contribution is 2.41. The average Bonchev–Trinajstić information content (AvgIpc) is 2.64.